The number of methoxy groups -OCH3 is 1. The Balaban J connectivity index is 2.26. The van der Waals surface area contributed by atoms with E-state index in [-0.39, 0.29) is 25.7 Å². The van der Waals surface area contributed by atoms with Gasteiger partial charge in [0.15, 0.2) is 0 Å². The van der Waals surface area contributed by atoms with Gasteiger partial charge in [0.05, 0.1) is 19.6 Å². The highest BCUT2D eigenvalue weighted by molar-refractivity contribution is 5.97. The van der Waals surface area contributed by atoms with E-state index in [1.807, 2.05) is 0 Å². The minimum absolute atomic E-state index is 0.0196. The Kier molecular flexibility index (Phi) is 11.6. The highest BCUT2D eigenvalue weighted by Crippen LogP contribution is 2.07. The molecule has 9 N–H and O–H groups in total. The third-order valence-electron chi connectivity index (χ3n) is 6.03. The van der Waals surface area contributed by atoms with Crippen LogP contribution in [0.3, 0.4) is 0 Å². The summed E-state index contributed by atoms with van der Waals surface area (Å²) in [5.74, 6) is -5.11. The van der Waals surface area contributed by atoms with Crippen molar-refractivity contribution in [2.45, 2.75) is 75.3 Å². The Morgan fingerprint density at radius 1 is 0.846 bits per heavy atom. The average Bonchev–Trinajstić information content (AvgIpc) is 2.91. The van der Waals surface area contributed by atoms with Gasteiger partial charge in [-0.25, -0.2) is 4.79 Å². The Morgan fingerprint density at radius 2 is 1.44 bits per heavy atom. The van der Waals surface area contributed by atoms with Gasteiger partial charge in [-0.2, -0.15) is 0 Å². The molecule has 0 fully saturated rings. The molecule has 6 atom stereocenters. The number of ether oxygens (including phenoxy) is 1. The van der Waals surface area contributed by atoms with Crippen molar-refractivity contribution in [3.05, 3.63) is 24.3 Å². The van der Waals surface area contributed by atoms with Gasteiger partial charge in [0, 0.05) is 0 Å². The molecular weight excluding hydrogens is 514 g/mol. The molecule has 0 aromatic carbocycles. The number of carbonyl (C=O) groups excluding carboxylic acids is 7. The van der Waals surface area contributed by atoms with Crippen molar-refractivity contribution in [2.24, 2.45) is 11.5 Å². The first kappa shape index (κ1) is 31.0. The molecule has 2 rings (SSSR count). The molecule has 2 aliphatic heterocycles. The first-order valence-corrected chi connectivity index (χ1v) is 12.4. The summed E-state index contributed by atoms with van der Waals surface area (Å²) >= 11 is 0. The Morgan fingerprint density at radius 3 is 2.08 bits per heavy atom. The minimum atomic E-state index is -1.42. The third-order valence-corrected chi connectivity index (χ3v) is 6.03. The van der Waals surface area contributed by atoms with Crippen LogP contribution in [0.2, 0.25) is 0 Å². The summed E-state index contributed by atoms with van der Waals surface area (Å²) in [5.41, 5.74) is 11.0. The summed E-state index contributed by atoms with van der Waals surface area (Å²) in [6.07, 6.45) is 5.92. The predicted molar refractivity (Wildman–Crippen MR) is 136 cm³/mol. The molecule has 0 saturated carbocycles. The Labute approximate surface area is 224 Å². The van der Waals surface area contributed by atoms with Crippen molar-refractivity contribution >= 4 is 41.4 Å². The highest BCUT2D eigenvalue weighted by atomic mass is 16.5. The van der Waals surface area contributed by atoms with Gasteiger partial charge >= 0.3 is 5.97 Å². The second kappa shape index (κ2) is 14.6. The monoisotopic (exact) mass is 549 g/mol. The number of carbonyl (C=O) groups is 7. The summed E-state index contributed by atoms with van der Waals surface area (Å²) in [6.45, 7) is 1.44. The van der Waals surface area contributed by atoms with Crippen LogP contribution in [0.5, 0.6) is 0 Å². The quantitative estimate of drug-likeness (QED) is 0.133. The maximum absolute atomic E-state index is 13.2. The molecule has 0 radical (unpaired) electrons. The molecule has 214 valence electrons. The maximum atomic E-state index is 13.2. The summed E-state index contributed by atoms with van der Waals surface area (Å²) < 4.78 is 4.69. The zero-order chi connectivity index (χ0) is 29.1. The van der Waals surface area contributed by atoms with Crippen LogP contribution in [0.4, 0.5) is 0 Å². The number of esters is 1. The normalized spacial score (nSPS) is 30.4. The number of hydrogen-bond donors (Lipinski definition) is 7. The highest BCUT2D eigenvalue weighted by Gasteiger charge is 2.33. The number of rotatable bonds is 5. The van der Waals surface area contributed by atoms with E-state index in [1.165, 1.54) is 19.1 Å². The lowest BCUT2D eigenvalue weighted by atomic mass is 10.1. The van der Waals surface area contributed by atoms with Crippen LogP contribution in [0, 0.1) is 0 Å². The summed E-state index contributed by atoms with van der Waals surface area (Å²) in [5, 5.41) is 12.4. The van der Waals surface area contributed by atoms with E-state index in [0.717, 1.165) is 7.11 Å². The van der Waals surface area contributed by atoms with E-state index in [2.05, 4.69) is 26.6 Å². The zero-order valence-corrected chi connectivity index (χ0v) is 21.7. The van der Waals surface area contributed by atoms with Crippen molar-refractivity contribution in [3.63, 3.8) is 0 Å². The van der Waals surface area contributed by atoms with Crippen molar-refractivity contribution in [1.29, 1.82) is 0 Å². The fourth-order valence-electron chi connectivity index (χ4n) is 3.78. The molecule has 0 spiro atoms. The van der Waals surface area contributed by atoms with E-state index in [1.54, 1.807) is 12.2 Å². The first-order chi connectivity index (χ1) is 18.4. The van der Waals surface area contributed by atoms with Crippen LogP contribution in [0.25, 0.3) is 0 Å². The van der Waals surface area contributed by atoms with E-state index in [0.29, 0.717) is 0 Å². The van der Waals surface area contributed by atoms with Gasteiger partial charge < -0.3 is 42.8 Å². The zero-order valence-electron chi connectivity index (χ0n) is 21.7. The molecule has 0 aromatic heterocycles. The lowest BCUT2D eigenvalue weighted by Crippen LogP contribution is -2.59. The van der Waals surface area contributed by atoms with Crippen LogP contribution < -0.4 is 38.1 Å². The molecule has 2 unspecified atom stereocenters. The molecule has 39 heavy (non-hydrogen) atoms. The second-order valence-electron chi connectivity index (χ2n) is 9.16. The van der Waals surface area contributed by atoms with E-state index in [9.17, 15) is 33.6 Å². The van der Waals surface area contributed by atoms with Gasteiger partial charge in [-0.1, -0.05) is 24.3 Å². The van der Waals surface area contributed by atoms with Gasteiger partial charge in [-0.15, -0.1) is 0 Å². The number of amides is 6. The number of nitrogens with one attached hydrogen (secondary N) is 5. The third kappa shape index (κ3) is 9.52. The molecule has 0 bridgehead atoms. The van der Waals surface area contributed by atoms with Gasteiger partial charge in [-0.05, 0) is 32.6 Å². The van der Waals surface area contributed by atoms with Crippen LogP contribution in [0.15, 0.2) is 24.3 Å². The summed E-state index contributed by atoms with van der Waals surface area (Å²) in [6, 6.07) is -6.66. The fraction of sp³-hybridized carbons (Fsp3) is 0.542. The molecule has 2 aliphatic rings. The van der Waals surface area contributed by atoms with Crippen molar-refractivity contribution in [1.82, 2.24) is 26.6 Å². The van der Waals surface area contributed by atoms with E-state index >= 15 is 0 Å². The molecular formula is C24H35N7O8. The molecule has 6 amide bonds. The average molecular weight is 550 g/mol. The smallest absolute Gasteiger partial charge is 0.328 e. The number of nitrogens with two attached hydrogens (primary N) is 2. The summed E-state index contributed by atoms with van der Waals surface area (Å²) in [4.78, 5) is 87.3. The van der Waals surface area contributed by atoms with Crippen molar-refractivity contribution < 1.29 is 38.3 Å². The first-order valence-electron chi connectivity index (χ1n) is 12.4. The Bertz CT molecular complexity index is 1040. The molecule has 15 heteroatoms. The minimum Gasteiger partial charge on any atom is -0.467 e. The lowest BCUT2D eigenvalue weighted by Gasteiger charge is -2.25. The van der Waals surface area contributed by atoms with Crippen LogP contribution in [-0.2, 0) is 38.3 Å². The van der Waals surface area contributed by atoms with Crippen LogP contribution in [-0.4, -0.2) is 84.8 Å². The number of hydrogen-bond acceptors (Lipinski definition) is 9. The second-order valence-corrected chi connectivity index (χ2v) is 9.16. The Hall–Kier alpha value is -4.27. The van der Waals surface area contributed by atoms with Crippen molar-refractivity contribution in [3.8, 4) is 0 Å². The van der Waals surface area contributed by atoms with Gasteiger partial charge in [-0.3, -0.25) is 28.8 Å². The van der Waals surface area contributed by atoms with Gasteiger partial charge in [0.1, 0.15) is 30.2 Å². The van der Waals surface area contributed by atoms with E-state index < -0.39 is 84.1 Å². The molecule has 0 aliphatic carbocycles. The SMILES string of the molecule is COC(=O)C1C/C=C/C[C@H](NC(=O)C2C/C=C/C[C@H](N)C(=O)N[C@@H](C)C(=O)N2)C(=O)N[C@@H](CC(N)=O)C(=O)N1. The maximum Gasteiger partial charge on any atom is 0.328 e. The lowest BCUT2D eigenvalue weighted by molar-refractivity contribution is -0.145. The largest absolute Gasteiger partial charge is 0.467 e. The molecule has 0 saturated heterocycles. The van der Waals surface area contributed by atoms with Gasteiger partial charge in [0.25, 0.3) is 0 Å². The number of primary amides is 1. The predicted octanol–water partition coefficient (Wildman–Crippen LogP) is -3.49. The van der Waals surface area contributed by atoms with Crippen LogP contribution >= 0.6 is 0 Å². The van der Waals surface area contributed by atoms with Gasteiger partial charge in [0.2, 0.25) is 35.4 Å². The molecule has 15 nitrogen and oxygen atoms in total. The standard InChI is InChI=1S/C24H35N7O8/c1-12-19(33)28-14(8-4-3-7-13(25)20(34)27-12)21(35)29-15-9-5-6-10-16(24(38)39-2)30-23(37)17(11-18(26)32)31-22(15)36/h3-6,12-17H,7-11,25H2,1-2H3,(H2,26,32)(H,27,34)(H,28,33)(H,29,35)(H,30,37)(H,31,36)/b4-3+,6-5+/t12-,13-,14?,15-,16?,17-/m0/s1. The van der Waals surface area contributed by atoms with E-state index in [4.69, 9.17) is 16.2 Å². The van der Waals surface area contributed by atoms with Crippen molar-refractivity contribution in [2.75, 3.05) is 7.11 Å². The molecule has 2 heterocycles. The fourth-order valence-corrected chi connectivity index (χ4v) is 3.78. The van der Waals surface area contributed by atoms with Crippen LogP contribution in [0.1, 0.15) is 39.0 Å². The molecule has 0 aromatic rings. The topological polar surface area (TPSA) is 241 Å². The summed E-state index contributed by atoms with van der Waals surface area (Å²) in [7, 11) is 1.15.